The number of hydrogen-bond acceptors (Lipinski definition) is 4. The molecule has 0 aliphatic carbocycles. The van der Waals surface area contributed by atoms with E-state index in [2.05, 4.69) is 17.1 Å². The van der Waals surface area contributed by atoms with E-state index in [-0.39, 0.29) is 5.91 Å². The number of piperidine rings is 1. The molecule has 0 spiro atoms. The minimum atomic E-state index is -0.114. The second-order valence-corrected chi connectivity index (χ2v) is 6.24. The van der Waals surface area contributed by atoms with E-state index in [4.69, 9.17) is 9.47 Å². The van der Waals surface area contributed by atoms with E-state index in [1.807, 2.05) is 0 Å². The van der Waals surface area contributed by atoms with Crippen molar-refractivity contribution in [3.05, 3.63) is 23.8 Å². The van der Waals surface area contributed by atoms with Gasteiger partial charge in [-0.2, -0.15) is 0 Å². The normalized spacial score (nSPS) is 18.2. The summed E-state index contributed by atoms with van der Waals surface area (Å²) in [5.41, 5.74) is 0.515. The zero-order valence-corrected chi connectivity index (χ0v) is 15.1. The summed E-state index contributed by atoms with van der Waals surface area (Å²) in [6.45, 7) is 5.18. The number of carbonyl (C=O) groups is 1. The SMILES string of the molecule is CCC1CCCCN1CCCNC(=O)c1cccc(OC)c1OC. The number of benzene rings is 1. The van der Waals surface area contributed by atoms with Gasteiger partial charge in [0.25, 0.3) is 5.91 Å². The maximum absolute atomic E-state index is 12.4. The van der Waals surface area contributed by atoms with E-state index in [9.17, 15) is 4.79 Å². The van der Waals surface area contributed by atoms with Gasteiger partial charge in [0.2, 0.25) is 0 Å². The highest BCUT2D eigenvalue weighted by atomic mass is 16.5. The quantitative estimate of drug-likeness (QED) is 0.742. The number of likely N-dealkylation sites (tertiary alicyclic amines) is 1. The molecule has 1 saturated heterocycles. The Balaban J connectivity index is 1.83. The number of hydrogen-bond donors (Lipinski definition) is 1. The lowest BCUT2D eigenvalue weighted by Gasteiger charge is -2.35. The van der Waals surface area contributed by atoms with Crippen molar-refractivity contribution < 1.29 is 14.3 Å². The van der Waals surface area contributed by atoms with Gasteiger partial charge in [-0.25, -0.2) is 0 Å². The van der Waals surface area contributed by atoms with Gasteiger partial charge in [0.1, 0.15) is 0 Å². The average Bonchev–Trinajstić information content (AvgIpc) is 2.64. The summed E-state index contributed by atoms with van der Waals surface area (Å²) in [7, 11) is 3.12. The topological polar surface area (TPSA) is 50.8 Å². The van der Waals surface area contributed by atoms with Gasteiger partial charge in [0.15, 0.2) is 11.5 Å². The van der Waals surface area contributed by atoms with Crippen LogP contribution in [0.25, 0.3) is 0 Å². The molecule has 1 aliphatic rings. The zero-order valence-electron chi connectivity index (χ0n) is 15.1. The molecule has 24 heavy (non-hydrogen) atoms. The van der Waals surface area contributed by atoms with Crippen molar-refractivity contribution in [2.45, 2.75) is 45.1 Å². The maximum atomic E-state index is 12.4. The Hall–Kier alpha value is -1.75. The lowest BCUT2D eigenvalue weighted by molar-refractivity contribution is 0.0943. The van der Waals surface area contributed by atoms with Crippen LogP contribution >= 0.6 is 0 Å². The molecule has 1 aliphatic heterocycles. The Labute approximate surface area is 145 Å². The molecule has 0 saturated carbocycles. The number of nitrogens with zero attached hydrogens (tertiary/aromatic N) is 1. The third kappa shape index (κ3) is 4.63. The van der Waals surface area contributed by atoms with Crippen molar-refractivity contribution in [3.8, 4) is 11.5 Å². The number of nitrogens with one attached hydrogen (secondary N) is 1. The maximum Gasteiger partial charge on any atom is 0.255 e. The van der Waals surface area contributed by atoms with Crippen molar-refractivity contribution >= 4 is 5.91 Å². The van der Waals surface area contributed by atoms with Crippen LogP contribution in [0.1, 0.15) is 49.4 Å². The number of rotatable bonds is 8. The molecule has 1 atom stereocenters. The summed E-state index contributed by atoms with van der Waals surface area (Å²) in [5.74, 6) is 0.945. The van der Waals surface area contributed by atoms with Crippen molar-refractivity contribution in [2.24, 2.45) is 0 Å². The summed E-state index contributed by atoms with van der Waals surface area (Å²) >= 11 is 0. The smallest absolute Gasteiger partial charge is 0.255 e. The molecule has 1 N–H and O–H groups in total. The fourth-order valence-corrected chi connectivity index (χ4v) is 3.46. The molecular weight excluding hydrogens is 304 g/mol. The Morgan fingerprint density at radius 3 is 2.83 bits per heavy atom. The number of ether oxygens (including phenoxy) is 2. The first kappa shape index (κ1) is 18.6. The first-order chi connectivity index (χ1) is 11.7. The minimum absolute atomic E-state index is 0.114. The summed E-state index contributed by atoms with van der Waals surface area (Å²) < 4.78 is 10.6. The van der Waals surface area contributed by atoms with Crippen LogP contribution < -0.4 is 14.8 Å². The Morgan fingerprint density at radius 2 is 2.12 bits per heavy atom. The van der Waals surface area contributed by atoms with Crippen molar-refractivity contribution in [2.75, 3.05) is 33.9 Å². The second kappa shape index (κ2) is 9.52. The third-order valence-electron chi connectivity index (χ3n) is 4.78. The number of amides is 1. The van der Waals surface area contributed by atoms with E-state index in [0.717, 1.165) is 13.0 Å². The number of methoxy groups -OCH3 is 2. The summed E-state index contributed by atoms with van der Waals surface area (Å²) in [6.07, 6.45) is 6.14. The van der Waals surface area contributed by atoms with Gasteiger partial charge in [0.05, 0.1) is 19.8 Å². The first-order valence-corrected chi connectivity index (χ1v) is 8.94. The van der Waals surface area contributed by atoms with E-state index in [1.54, 1.807) is 32.4 Å². The lowest BCUT2D eigenvalue weighted by atomic mass is 10.00. The van der Waals surface area contributed by atoms with E-state index >= 15 is 0 Å². The fourth-order valence-electron chi connectivity index (χ4n) is 3.46. The molecule has 0 bridgehead atoms. The molecule has 1 amide bonds. The van der Waals surface area contributed by atoms with Crippen molar-refractivity contribution in [1.82, 2.24) is 10.2 Å². The predicted octanol–water partition coefficient (Wildman–Crippen LogP) is 3.09. The average molecular weight is 334 g/mol. The van der Waals surface area contributed by atoms with Crippen LogP contribution in [-0.2, 0) is 0 Å². The van der Waals surface area contributed by atoms with Gasteiger partial charge in [-0.15, -0.1) is 0 Å². The van der Waals surface area contributed by atoms with Gasteiger partial charge in [-0.1, -0.05) is 19.4 Å². The van der Waals surface area contributed by atoms with Gasteiger partial charge in [-0.3, -0.25) is 4.79 Å². The molecule has 1 aromatic rings. The van der Waals surface area contributed by atoms with Gasteiger partial charge in [-0.05, 0) is 44.4 Å². The number of para-hydroxylation sites is 1. The largest absolute Gasteiger partial charge is 0.493 e. The highest BCUT2D eigenvalue weighted by Gasteiger charge is 2.20. The van der Waals surface area contributed by atoms with Gasteiger partial charge >= 0.3 is 0 Å². The zero-order chi connectivity index (χ0) is 17.4. The van der Waals surface area contributed by atoms with Crippen LogP contribution in [0.4, 0.5) is 0 Å². The van der Waals surface area contributed by atoms with Crippen LogP contribution in [0.3, 0.4) is 0 Å². The molecule has 5 heteroatoms. The number of carbonyl (C=O) groups excluding carboxylic acids is 1. The molecular formula is C19H30N2O3. The second-order valence-electron chi connectivity index (χ2n) is 6.24. The lowest BCUT2D eigenvalue weighted by Crippen LogP contribution is -2.40. The van der Waals surface area contributed by atoms with Crippen LogP contribution in [0.5, 0.6) is 11.5 Å². The van der Waals surface area contributed by atoms with E-state index < -0.39 is 0 Å². The summed E-state index contributed by atoms with van der Waals surface area (Å²) in [6, 6.07) is 6.06. The molecule has 1 heterocycles. The monoisotopic (exact) mass is 334 g/mol. The molecule has 0 radical (unpaired) electrons. The fraction of sp³-hybridized carbons (Fsp3) is 0.632. The Bertz CT molecular complexity index is 533. The van der Waals surface area contributed by atoms with E-state index in [1.165, 1.54) is 32.2 Å². The summed E-state index contributed by atoms with van der Waals surface area (Å²) in [4.78, 5) is 15.0. The minimum Gasteiger partial charge on any atom is -0.493 e. The van der Waals surface area contributed by atoms with E-state index in [0.29, 0.717) is 29.6 Å². The molecule has 134 valence electrons. The Kier molecular flexibility index (Phi) is 7.37. The predicted molar refractivity (Wildman–Crippen MR) is 96.0 cm³/mol. The van der Waals surface area contributed by atoms with Crippen molar-refractivity contribution in [1.29, 1.82) is 0 Å². The standard InChI is InChI=1S/C19H30N2O3/c1-4-15-9-5-6-13-21(15)14-8-12-20-19(22)16-10-7-11-17(23-2)18(16)24-3/h7,10-11,15H,4-6,8-9,12-14H2,1-3H3,(H,20,22). The Morgan fingerprint density at radius 1 is 1.29 bits per heavy atom. The summed E-state index contributed by atoms with van der Waals surface area (Å²) in [5, 5.41) is 3.00. The highest BCUT2D eigenvalue weighted by Crippen LogP contribution is 2.30. The molecule has 1 aromatic carbocycles. The molecule has 5 nitrogen and oxygen atoms in total. The highest BCUT2D eigenvalue weighted by molar-refractivity contribution is 5.97. The van der Waals surface area contributed by atoms with Crippen LogP contribution in [0.15, 0.2) is 18.2 Å². The third-order valence-corrected chi connectivity index (χ3v) is 4.78. The molecule has 1 unspecified atom stereocenters. The van der Waals surface area contributed by atoms with Crippen LogP contribution in [0.2, 0.25) is 0 Å². The van der Waals surface area contributed by atoms with Crippen molar-refractivity contribution in [3.63, 3.8) is 0 Å². The van der Waals surface area contributed by atoms with Crippen LogP contribution in [-0.4, -0.2) is 50.7 Å². The van der Waals surface area contributed by atoms with Gasteiger partial charge in [0, 0.05) is 19.1 Å². The first-order valence-electron chi connectivity index (χ1n) is 8.94. The molecule has 0 aromatic heterocycles. The van der Waals surface area contributed by atoms with Crippen LogP contribution in [0, 0.1) is 0 Å². The molecule has 2 rings (SSSR count). The van der Waals surface area contributed by atoms with Gasteiger partial charge < -0.3 is 19.7 Å². The molecule has 1 fully saturated rings.